The minimum atomic E-state index is -4.42. The van der Waals surface area contributed by atoms with E-state index in [2.05, 4.69) is 19.1 Å². The van der Waals surface area contributed by atoms with E-state index in [-0.39, 0.29) is 6.10 Å². The number of hydrogen-bond donors (Lipinski definition) is 1. The van der Waals surface area contributed by atoms with E-state index in [1.54, 1.807) is 6.92 Å². The largest absolute Gasteiger partial charge is 0.400 e. The average molecular weight is 285 g/mol. The predicted molar refractivity (Wildman–Crippen MR) is 70.5 cm³/mol. The van der Waals surface area contributed by atoms with Crippen molar-refractivity contribution in [1.82, 2.24) is 0 Å². The van der Waals surface area contributed by atoms with Gasteiger partial charge in [0.15, 0.2) is 0 Å². The first kappa shape index (κ1) is 17.6. The first-order valence-electron chi connectivity index (χ1n) is 6.26. The molecule has 0 saturated heterocycles. The molecule has 0 amide bonds. The summed E-state index contributed by atoms with van der Waals surface area (Å²) in [4.78, 5) is -0.555. The van der Waals surface area contributed by atoms with Crippen LogP contribution in [0.1, 0.15) is 46.0 Å². The zero-order valence-corrected chi connectivity index (χ0v) is 11.7. The van der Waals surface area contributed by atoms with Crippen molar-refractivity contribution in [3.63, 3.8) is 0 Å². The maximum absolute atomic E-state index is 12.5. The second kappa shape index (κ2) is 8.69. The molecule has 2 N–H and O–H groups in total. The Hall–Kier alpha value is -0.360. The Morgan fingerprint density at radius 1 is 1.28 bits per heavy atom. The van der Waals surface area contributed by atoms with Crippen LogP contribution in [0.2, 0.25) is 0 Å². The number of hydrogen-bond acceptors (Lipinski definition) is 2. The molecule has 0 aromatic rings. The maximum atomic E-state index is 12.5. The molecule has 0 rings (SSSR count). The number of unbranched alkanes of at least 4 members (excludes halogenated alkanes) is 3. The van der Waals surface area contributed by atoms with Gasteiger partial charge in [-0.05, 0) is 13.3 Å². The molecule has 0 heterocycles. The molecule has 0 radical (unpaired) electrons. The molecule has 0 bridgehead atoms. The van der Waals surface area contributed by atoms with Crippen LogP contribution in [0.5, 0.6) is 0 Å². The normalized spacial score (nSPS) is 15.4. The number of alkyl halides is 3. The van der Waals surface area contributed by atoms with Crippen molar-refractivity contribution >= 4 is 17.2 Å². The lowest BCUT2D eigenvalue weighted by Gasteiger charge is -2.21. The van der Waals surface area contributed by atoms with Gasteiger partial charge < -0.3 is 10.5 Å². The van der Waals surface area contributed by atoms with Gasteiger partial charge in [-0.3, -0.25) is 0 Å². The number of nitrogens with two attached hydrogens (primary N) is 1. The van der Waals surface area contributed by atoms with E-state index in [1.165, 1.54) is 0 Å². The van der Waals surface area contributed by atoms with Crippen LogP contribution in [0.4, 0.5) is 13.2 Å². The van der Waals surface area contributed by atoms with Crippen LogP contribution in [0.25, 0.3) is 0 Å². The van der Waals surface area contributed by atoms with Crippen molar-refractivity contribution in [1.29, 1.82) is 0 Å². The Labute approximate surface area is 112 Å². The summed E-state index contributed by atoms with van der Waals surface area (Å²) in [5.74, 6) is -1.84. The first-order valence-corrected chi connectivity index (χ1v) is 6.67. The summed E-state index contributed by atoms with van der Waals surface area (Å²) in [6, 6.07) is 0. The maximum Gasteiger partial charge on any atom is 0.400 e. The third-order valence-electron chi connectivity index (χ3n) is 2.75. The van der Waals surface area contributed by atoms with Crippen molar-refractivity contribution in [2.24, 2.45) is 11.7 Å². The summed E-state index contributed by atoms with van der Waals surface area (Å²) in [6.45, 7) is 3.41. The van der Waals surface area contributed by atoms with E-state index in [9.17, 15) is 13.2 Å². The van der Waals surface area contributed by atoms with Gasteiger partial charge in [-0.15, -0.1) is 0 Å². The molecule has 0 aliphatic carbocycles. The van der Waals surface area contributed by atoms with E-state index < -0.39 is 23.7 Å². The molecule has 2 unspecified atom stereocenters. The van der Waals surface area contributed by atoms with E-state index in [0.29, 0.717) is 0 Å². The lowest BCUT2D eigenvalue weighted by molar-refractivity contribution is -0.171. The number of ether oxygens (including phenoxy) is 1. The van der Waals surface area contributed by atoms with Crippen molar-refractivity contribution in [3.05, 3.63) is 0 Å². The highest BCUT2D eigenvalue weighted by Gasteiger charge is 2.42. The number of halogens is 3. The summed E-state index contributed by atoms with van der Waals surface area (Å²) in [5, 5.41) is 0. The topological polar surface area (TPSA) is 35.2 Å². The van der Waals surface area contributed by atoms with Gasteiger partial charge in [0, 0.05) is 0 Å². The smallest absolute Gasteiger partial charge is 0.393 e. The summed E-state index contributed by atoms with van der Waals surface area (Å²) in [6.07, 6.45) is 0.481. The minimum Gasteiger partial charge on any atom is -0.393 e. The predicted octanol–water partition coefficient (Wildman–Crippen LogP) is 3.83. The molecular formula is C12H22F3NOS. The molecule has 6 heteroatoms. The van der Waals surface area contributed by atoms with Gasteiger partial charge in [0.2, 0.25) is 0 Å². The van der Waals surface area contributed by atoms with Crippen LogP contribution >= 0.6 is 12.2 Å². The standard InChI is InChI=1S/C12H22F3NOS/c1-3-4-5-6-7-9(2)17-8-10(11(16)18)12(13,14)15/h9-10H,3-8H2,1-2H3,(H2,16,18). The average Bonchev–Trinajstić information content (AvgIpc) is 2.22. The molecule has 2 nitrogen and oxygen atoms in total. The summed E-state index contributed by atoms with van der Waals surface area (Å²) < 4.78 is 42.8. The third kappa shape index (κ3) is 7.87. The fourth-order valence-corrected chi connectivity index (χ4v) is 1.74. The van der Waals surface area contributed by atoms with Crippen molar-refractivity contribution in [2.45, 2.75) is 58.2 Å². The van der Waals surface area contributed by atoms with Crippen LogP contribution < -0.4 is 5.73 Å². The Morgan fingerprint density at radius 3 is 2.33 bits per heavy atom. The molecule has 0 aliphatic heterocycles. The third-order valence-corrected chi connectivity index (χ3v) is 3.03. The van der Waals surface area contributed by atoms with Gasteiger partial charge in [-0.2, -0.15) is 13.2 Å². The second-order valence-corrected chi connectivity index (χ2v) is 4.96. The minimum absolute atomic E-state index is 0.193. The molecule has 108 valence electrons. The Kier molecular flexibility index (Phi) is 8.52. The molecule has 0 aromatic heterocycles. The summed E-state index contributed by atoms with van der Waals surface area (Å²) >= 11 is 4.42. The zero-order valence-electron chi connectivity index (χ0n) is 10.9. The van der Waals surface area contributed by atoms with Gasteiger partial charge in [0.25, 0.3) is 0 Å². The Morgan fingerprint density at radius 2 is 1.89 bits per heavy atom. The Bertz CT molecular complexity index is 246. The highest BCUT2D eigenvalue weighted by Crippen LogP contribution is 2.27. The van der Waals surface area contributed by atoms with Crippen LogP contribution in [0, 0.1) is 5.92 Å². The molecular weight excluding hydrogens is 263 g/mol. The molecule has 0 saturated carbocycles. The van der Waals surface area contributed by atoms with E-state index in [1.807, 2.05) is 0 Å². The SMILES string of the molecule is CCCCCCC(C)OCC(C(N)=S)C(F)(F)F. The summed E-state index contributed by atoms with van der Waals surface area (Å²) in [5.41, 5.74) is 5.08. The van der Waals surface area contributed by atoms with Crippen molar-refractivity contribution in [3.8, 4) is 0 Å². The van der Waals surface area contributed by atoms with Gasteiger partial charge >= 0.3 is 6.18 Å². The van der Waals surface area contributed by atoms with E-state index >= 15 is 0 Å². The highest BCUT2D eigenvalue weighted by molar-refractivity contribution is 7.80. The van der Waals surface area contributed by atoms with Gasteiger partial charge in [-0.25, -0.2) is 0 Å². The van der Waals surface area contributed by atoms with Gasteiger partial charge in [-0.1, -0.05) is 44.8 Å². The lowest BCUT2D eigenvalue weighted by atomic mass is 10.1. The summed E-state index contributed by atoms with van der Waals surface area (Å²) in [7, 11) is 0. The molecule has 0 aromatic carbocycles. The Balaban J connectivity index is 3.94. The highest BCUT2D eigenvalue weighted by atomic mass is 32.1. The molecule has 0 fully saturated rings. The lowest BCUT2D eigenvalue weighted by Crippen LogP contribution is -2.38. The van der Waals surface area contributed by atoms with Crippen LogP contribution in [0.3, 0.4) is 0 Å². The molecule has 18 heavy (non-hydrogen) atoms. The van der Waals surface area contributed by atoms with E-state index in [4.69, 9.17) is 10.5 Å². The van der Waals surface area contributed by atoms with Crippen LogP contribution in [-0.4, -0.2) is 23.9 Å². The van der Waals surface area contributed by atoms with E-state index in [0.717, 1.165) is 32.1 Å². The molecule has 2 atom stereocenters. The quantitative estimate of drug-likeness (QED) is 0.516. The first-order chi connectivity index (χ1) is 8.29. The molecule has 0 spiro atoms. The van der Waals surface area contributed by atoms with Crippen molar-refractivity contribution < 1.29 is 17.9 Å². The van der Waals surface area contributed by atoms with Gasteiger partial charge in [0.1, 0.15) is 5.92 Å². The van der Waals surface area contributed by atoms with Gasteiger partial charge in [0.05, 0.1) is 17.7 Å². The monoisotopic (exact) mass is 285 g/mol. The fraction of sp³-hybridized carbons (Fsp3) is 0.917. The van der Waals surface area contributed by atoms with Crippen molar-refractivity contribution in [2.75, 3.05) is 6.61 Å². The fourth-order valence-electron chi connectivity index (χ4n) is 1.54. The van der Waals surface area contributed by atoms with Crippen LogP contribution in [0.15, 0.2) is 0 Å². The molecule has 0 aliphatic rings. The number of rotatable bonds is 9. The second-order valence-electron chi connectivity index (χ2n) is 4.49. The van der Waals surface area contributed by atoms with Crippen LogP contribution in [-0.2, 0) is 4.74 Å². The number of thiocarbonyl (C=S) groups is 1. The zero-order chi connectivity index (χ0) is 14.2.